The van der Waals surface area contributed by atoms with E-state index in [0.717, 1.165) is 27.4 Å². The molecule has 0 fully saturated rings. The molecule has 5 heteroatoms. The second-order valence-electron chi connectivity index (χ2n) is 5.26. The van der Waals surface area contributed by atoms with Crippen LogP contribution >= 0.6 is 22.9 Å². The fraction of sp³-hybridized carbons (Fsp3) is 0.176. The Hall–Kier alpha value is -1.91. The Morgan fingerprint density at radius 3 is 2.82 bits per heavy atom. The average Bonchev–Trinajstić information content (AvgIpc) is 2.93. The number of nitrogens with zero attached hydrogens (tertiary/aromatic N) is 2. The highest BCUT2D eigenvalue weighted by molar-refractivity contribution is 7.09. The van der Waals surface area contributed by atoms with E-state index < -0.39 is 0 Å². The first-order valence-electron chi connectivity index (χ1n) is 6.91. The Kier molecular flexibility index (Phi) is 4.14. The van der Waals surface area contributed by atoms with Crippen LogP contribution in [0.1, 0.15) is 16.1 Å². The minimum absolute atomic E-state index is 0.00399. The van der Waals surface area contributed by atoms with Crippen LogP contribution in [0.15, 0.2) is 46.7 Å². The summed E-state index contributed by atoms with van der Waals surface area (Å²) < 4.78 is 1.67. The standard InChI is InChI=1S/C17H15ClN2OS/c1-11-5-6-20(17(21)7-11)9-16-19-15(10-22-16)14-8-13(18)4-3-12(14)2/h3-8,10H,9H2,1-2H3. The highest BCUT2D eigenvalue weighted by Crippen LogP contribution is 2.27. The molecule has 0 aliphatic heterocycles. The van der Waals surface area contributed by atoms with Crippen LogP contribution in [0.25, 0.3) is 11.3 Å². The summed E-state index contributed by atoms with van der Waals surface area (Å²) in [6, 6.07) is 9.35. The van der Waals surface area contributed by atoms with E-state index in [4.69, 9.17) is 11.6 Å². The van der Waals surface area contributed by atoms with Crippen LogP contribution < -0.4 is 5.56 Å². The van der Waals surface area contributed by atoms with Crippen molar-refractivity contribution in [3.63, 3.8) is 0 Å². The molecular formula is C17H15ClN2OS. The van der Waals surface area contributed by atoms with Crippen LogP contribution in [-0.2, 0) is 6.54 Å². The molecule has 0 bridgehead atoms. The van der Waals surface area contributed by atoms with E-state index in [-0.39, 0.29) is 5.56 Å². The predicted molar refractivity (Wildman–Crippen MR) is 91.8 cm³/mol. The van der Waals surface area contributed by atoms with Crippen LogP contribution in [0.2, 0.25) is 5.02 Å². The van der Waals surface area contributed by atoms with E-state index in [1.54, 1.807) is 22.0 Å². The van der Waals surface area contributed by atoms with Crippen molar-refractivity contribution in [1.29, 1.82) is 0 Å². The lowest BCUT2D eigenvalue weighted by atomic mass is 10.1. The summed E-state index contributed by atoms with van der Waals surface area (Å²) in [5.41, 5.74) is 4.03. The number of aromatic nitrogens is 2. The molecule has 3 nitrogen and oxygen atoms in total. The molecule has 0 N–H and O–H groups in total. The van der Waals surface area contributed by atoms with Crippen molar-refractivity contribution in [2.24, 2.45) is 0 Å². The quantitative estimate of drug-likeness (QED) is 0.718. The Morgan fingerprint density at radius 2 is 2.05 bits per heavy atom. The third-order valence-corrected chi connectivity index (χ3v) is 4.55. The van der Waals surface area contributed by atoms with Gasteiger partial charge in [0.25, 0.3) is 5.56 Å². The third kappa shape index (κ3) is 3.13. The maximum Gasteiger partial charge on any atom is 0.251 e. The monoisotopic (exact) mass is 330 g/mol. The number of benzene rings is 1. The molecule has 22 heavy (non-hydrogen) atoms. The van der Waals surface area contributed by atoms with Gasteiger partial charge in [-0.1, -0.05) is 17.7 Å². The van der Waals surface area contributed by atoms with Crippen molar-refractivity contribution in [3.8, 4) is 11.3 Å². The molecule has 2 heterocycles. The van der Waals surface area contributed by atoms with E-state index in [1.807, 2.05) is 49.7 Å². The molecule has 0 amide bonds. The molecule has 0 radical (unpaired) electrons. The van der Waals surface area contributed by atoms with Crippen LogP contribution in [0.4, 0.5) is 0 Å². The van der Waals surface area contributed by atoms with Gasteiger partial charge >= 0.3 is 0 Å². The zero-order chi connectivity index (χ0) is 15.7. The SMILES string of the molecule is Cc1ccn(Cc2nc(-c3cc(Cl)ccc3C)cs2)c(=O)c1. The molecule has 0 aliphatic carbocycles. The van der Waals surface area contributed by atoms with Gasteiger partial charge in [-0.3, -0.25) is 4.79 Å². The minimum atomic E-state index is -0.00399. The van der Waals surface area contributed by atoms with Crippen molar-refractivity contribution in [1.82, 2.24) is 9.55 Å². The molecule has 0 atom stereocenters. The fourth-order valence-electron chi connectivity index (χ4n) is 2.26. The molecule has 0 aliphatic rings. The highest BCUT2D eigenvalue weighted by atomic mass is 35.5. The van der Waals surface area contributed by atoms with Gasteiger partial charge in [-0.05, 0) is 43.2 Å². The van der Waals surface area contributed by atoms with Crippen LogP contribution in [0, 0.1) is 13.8 Å². The second kappa shape index (κ2) is 6.07. The molecule has 112 valence electrons. The van der Waals surface area contributed by atoms with Gasteiger partial charge in [0.05, 0.1) is 12.2 Å². The Labute approximate surface area is 137 Å². The molecule has 3 rings (SSSR count). The highest BCUT2D eigenvalue weighted by Gasteiger charge is 2.09. The van der Waals surface area contributed by atoms with Crippen molar-refractivity contribution in [2.45, 2.75) is 20.4 Å². The molecule has 0 spiro atoms. The summed E-state index contributed by atoms with van der Waals surface area (Å²) >= 11 is 7.62. The number of thiazole rings is 1. The van der Waals surface area contributed by atoms with Crippen molar-refractivity contribution in [3.05, 3.63) is 73.4 Å². The summed E-state index contributed by atoms with van der Waals surface area (Å²) in [4.78, 5) is 16.6. The first kappa shape index (κ1) is 15.0. The molecule has 0 saturated heterocycles. The Bertz CT molecular complexity index is 882. The maximum absolute atomic E-state index is 11.9. The zero-order valence-corrected chi connectivity index (χ0v) is 13.9. The second-order valence-corrected chi connectivity index (χ2v) is 6.64. The first-order valence-corrected chi connectivity index (χ1v) is 8.17. The molecular weight excluding hydrogens is 316 g/mol. The number of aryl methyl sites for hydroxylation is 2. The summed E-state index contributed by atoms with van der Waals surface area (Å²) in [5.74, 6) is 0. The van der Waals surface area contributed by atoms with Gasteiger partial charge in [0.15, 0.2) is 0 Å². The topological polar surface area (TPSA) is 34.9 Å². The first-order chi connectivity index (χ1) is 10.5. The van der Waals surface area contributed by atoms with E-state index in [0.29, 0.717) is 11.6 Å². The lowest BCUT2D eigenvalue weighted by Crippen LogP contribution is -2.19. The van der Waals surface area contributed by atoms with Gasteiger partial charge in [0.2, 0.25) is 0 Å². The van der Waals surface area contributed by atoms with Crippen LogP contribution in [0.3, 0.4) is 0 Å². The zero-order valence-electron chi connectivity index (χ0n) is 12.3. The van der Waals surface area contributed by atoms with Crippen molar-refractivity contribution >= 4 is 22.9 Å². The van der Waals surface area contributed by atoms with Gasteiger partial charge < -0.3 is 4.57 Å². The minimum Gasteiger partial charge on any atom is -0.309 e. The summed E-state index contributed by atoms with van der Waals surface area (Å²) in [6.07, 6.45) is 1.81. The molecule has 3 aromatic rings. The summed E-state index contributed by atoms with van der Waals surface area (Å²) in [6.45, 7) is 4.44. The number of rotatable bonds is 3. The molecule has 2 aromatic heterocycles. The molecule has 0 unspecified atom stereocenters. The largest absolute Gasteiger partial charge is 0.309 e. The van der Waals surface area contributed by atoms with E-state index >= 15 is 0 Å². The summed E-state index contributed by atoms with van der Waals surface area (Å²) in [7, 11) is 0. The lowest BCUT2D eigenvalue weighted by molar-refractivity contribution is 0.752. The number of halogens is 1. The maximum atomic E-state index is 11.9. The normalized spacial score (nSPS) is 10.9. The molecule has 1 aromatic carbocycles. The van der Waals surface area contributed by atoms with Gasteiger partial charge in [-0.25, -0.2) is 4.98 Å². The van der Waals surface area contributed by atoms with Gasteiger partial charge in [-0.15, -0.1) is 11.3 Å². The lowest BCUT2D eigenvalue weighted by Gasteiger charge is -2.04. The Morgan fingerprint density at radius 1 is 1.23 bits per heavy atom. The molecule has 0 saturated carbocycles. The van der Waals surface area contributed by atoms with E-state index in [1.165, 1.54) is 0 Å². The van der Waals surface area contributed by atoms with Crippen molar-refractivity contribution in [2.75, 3.05) is 0 Å². The van der Waals surface area contributed by atoms with E-state index in [9.17, 15) is 4.79 Å². The van der Waals surface area contributed by atoms with Crippen LogP contribution in [-0.4, -0.2) is 9.55 Å². The fourth-order valence-corrected chi connectivity index (χ4v) is 3.22. The van der Waals surface area contributed by atoms with Gasteiger partial charge in [0, 0.05) is 28.2 Å². The summed E-state index contributed by atoms with van der Waals surface area (Å²) in [5, 5.41) is 3.61. The number of hydrogen-bond acceptors (Lipinski definition) is 3. The smallest absolute Gasteiger partial charge is 0.251 e. The van der Waals surface area contributed by atoms with Gasteiger partial charge in [0.1, 0.15) is 5.01 Å². The average molecular weight is 331 g/mol. The van der Waals surface area contributed by atoms with Crippen molar-refractivity contribution < 1.29 is 0 Å². The number of pyridine rings is 1. The van der Waals surface area contributed by atoms with Gasteiger partial charge in [-0.2, -0.15) is 0 Å². The third-order valence-electron chi connectivity index (χ3n) is 3.48. The number of hydrogen-bond donors (Lipinski definition) is 0. The Balaban J connectivity index is 1.91. The predicted octanol–water partition coefficient (Wildman–Crippen LogP) is 4.29. The van der Waals surface area contributed by atoms with E-state index in [2.05, 4.69) is 4.98 Å². The van der Waals surface area contributed by atoms with Crippen LogP contribution in [0.5, 0.6) is 0 Å².